The molecule has 1 aliphatic heterocycles. The molecule has 0 bridgehead atoms. The number of unbranched alkanes of at least 4 members (excludes halogenated alkanes) is 3. The average Bonchev–Trinajstić information content (AvgIpc) is 3.24. The minimum absolute atomic E-state index is 0.0751. The molecule has 0 unspecified atom stereocenters. The predicted molar refractivity (Wildman–Crippen MR) is 153 cm³/mol. The largest absolute Gasteiger partial charge is 0.497 e. The highest BCUT2D eigenvalue weighted by atomic mass is 32.2. The fourth-order valence-electron chi connectivity index (χ4n) is 5.14. The molecule has 2 heterocycles. The maximum Gasteiger partial charge on any atom is 0.243 e. The summed E-state index contributed by atoms with van der Waals surface area (Å²) in [5.74, 6) is 1.26. The van der Waals surface area contributed by atoms with Gasteiger partial charge in [-0.3, -0.25) is 4.79 Å². The summed E-state index contributed by atoms with van der Waals surface area (Å²) in [6.07, 6.45) is 4.87. The number of benzene rings is 2. The fourth-order valence-corrected chi connectivity index (χ4v) is 6.54. The molecule has 1 amide bonds. The third-order valence-corrected chi connectivity index (χ3v) is 9.14. The molecule has 1 aliphatic rings. The first kappa shape index (κ1) is 28.9. The van der Waals surface area contributed by atoms with Crippen molar-refractivity contribution in [3.63, 3.8) is 0 Å². The molecule has 9 nitrogen and oxygen atoms in total. The van der Waals surface area contributed by atoms with Gasteiger partial charge in [0, 0.05) is 29.7 Å². The van der Waals surface area contributed by atoms with E-state index >= 15 is 0 Å². The van der Waals surface area contributed by atoms with Gasteiger partial charge in [-0.15, -0.1) is 0 Å². The standard InChI is InChI=1S/C29H40N4O5S/c1-31(2)17-8-6-5-7-16-30-29(34)21-33-27-14-11-23(38-4)19-26(27)25-15-18-32(20-28(25)33)39(35,36)24-12-9-22(37-3)10-13-24/h9-14,19H,5-8,15-18,20-21H2,1-4H3,(H,30,34). The quantitative estimate of drug-likeness (QED) is 0.323. The molecule has 1 N–H and O–H groups in total. The van der Waals surface area contributed by atoms with E-state index in [0.29, 0.717) is 25.3 Å². The van der Waals surface area contributed by atoms with Crippen molar-refractivity contribution in [1.29, 1.82) is 0 Å². The van der Waals surface area contributed by atoms with E-state index in [2.05, 4.69) is 24.3 Å². The number of amides is 1. The summed E-state index contributed by atoms with van der Waals surface area (Å²) in [5.41, 5.74) is 2.82. The number of carbonyl (C=O) groups excluding carboxylic acids is 1. The van der Waals surface area contributed by atoms with Gasteiger partial charge < -0.3 is 24.3 Å². The van der Waals surface area contributed by atoms with Crippen LogP contribution in [0.1, 0.15) is 36.9 Å². The third-order valence-electron chi connectivity index (χ3n) is 7.28. The van der Waals surface area contributed by atoms with E-state index in [0.717, 1.165) is 60.1 Å². The molecule has 0 saturated heterocycles. The molecule has 0 aliphatic carbocycles. The van der Waals surface area contributed by atoms with Crippen LogP contribution in [-0.4, -0.2) is 76.0 Å². The number of nitrogens with zero attached hydrogens (tertiary/aromatic N) is 3. The fraction of sp³-hybridized carbons (Fsp3) is 0.483. The topological polar surface area (TPSA) is 93.1 Å². The number of hydrogen-bond acceptors (Lipinski definition) is 6. The molecule has 1 aromatic heterocycles. The molecule has 0 fully saturated rings. The number of nitrogens with one attached hydrogen (secondary N) is 1. The first-order valence-electron chi connectivity index (χ1n) is 13.5. The van der Waals surface area contributed by atoms with Crippen molar-refractivity contribution in [3.8, 4) is 11.5 Å². The maximum absolute atomic E-state index is 13.5. The molecule has 39 heavy (non-hydrogen) atoms. The number of sulfonamides is 1. The van der Waals surface area contributed by atoms with E-state index in [9.17, 15) is 13.2 Å². The van der Waals surface area contributed by atoms with E-state index in [1.807, 2.05) is 22.8 Å². The Morgan fingerprint density at radius 2 is 1.67 bits per heavy atom. The van der Waals surface area contributed by atoms with Crippen molar-refractivity contribution >= 4 is 26.8 Å². The second kappa shape index (κ2) is 12.8. The summed E-state index contributed by atoms with van der Waals surface area (Å²) in [4.78, 5) is 15.4. The van der Waals surface area contributed by atoms with Crippen LogP contribution in [0.5, 0.6) is 11.5 Å². The first-order chi connectivity index (χ1) is 18.7. The third kappa shape index (κ3) is 6.74. The number of hydrogen-bond donors (Lipinski definition) is 1. The molecule has 2 aromatic carbocycles. The molecule has 10 heteroatoms. The first-order valence-corrected chi connectivity index (χ1v) is 14.9. The van der Waals surface area contributed by atoms with Gasteiger partial charge in [0.05, 0.1) is 25.7 Å². The molecule has 3 aromatic rings. The zero-order valence-electron chi connectivity index (χ0n) is 23.4. The van der Waals surface area contributed by atoms with Crippen LogP contribution >= 0.6 is 0 Å². The van der Waals surface area contributed by atoms with Gasteiger partial charge in [-0.25, -0.2) is 8.42 Å². The molecule has 0 radical (unpaired) electrons. The number of methoxy groups -OCH3 is 2. The van der Waals surface area contributed by atoms with Crippen LogP contribution in [0, 0.1) is 0 Å². The number of carbonyl (C=O) groups is 1. The van der Waals surface area contributed by atoms with Crippen LogP contribution < -0.4 is 14.8 Å². The summed E-state index contributed by atoms with van der Waals surface area (Å²) in [6.45, 7) is 2.40. The van der Waals surface area contributed by atoms with Crippen molar-refractivity contribution in [3.05, 3.63) is 53.7 Å². The summed E-state index contributed by atoms with van der Waals surface area (Å²) in [6, 6.07) is 12.2. The van der Waals surface area contributed by atoms with Gasteiger partial charge in [-0.1, -0.05) is 12.8 Å². The van der Waals surface area contributed by atoms with Gasteiger partial charge in [-0.05, 0) is 87.9 Å². The molecule has 0 atom stereocenters. The Hall–Kier alpha value is -3.08. The summed E-state index contributed by atoms with van der Waals surface area (Å²) in [5, 5.41) is 4.05. The average molecular weight is 557 g/mol. The number of rotatable bonds is 13. The molecule has 212 valence electrons. The van der Waals surface area contributed by atoms with Gasteiger partial charge in [0.1, 0.15) is 18.0 Å². The normalized spacial score (nSPS) is 14.0. The second-order valence-corrected chi connectivity index (χ2v) is 12.2. The lowest BCUT2D eigenvalue weighted by Crippen LogP contribution is -2.37. The summed E-state index contributed by atoms with van der Waals surface area (Å²) < 4.78 is 41.1. The lowest BCUT2D eigenvalue weighted by Gasteiger charge is -2.28. The van der Waals surface area contributed by atoms with Gasteiger partial charge in [0.25, 0.3) is 0 Å². The van der Waals surface area contributed by atoms with Crippen LogP contribution in [-0.2, 0) is 34.3 Å². The van der Waals surface area contributed by atoms with Crippen LogP contribution in [0.25, 0.3) is 10.9 Å². The van der Waals surface area contributed by atoms with E-state index < -0.39 is 10.0 Å². The Balaban J connectivity index is 1.52. The highest BCUT2D eigenvalue weighted by Gasteiger charge is 2.32. The highest BCUT2D eigenvalue weighted by molar-refractivity contribution is 7.89. The minimum Gasteiger partial charge on any atom is -0.497 e. The van der Waals surface area contributed by atoms with Crippen LogP contribution in [0.3, 0.4) is 0 Å². The molecular weight excluding hydrogens is 516 g/mol. The highest BCUT2D eigenvalue weighted by Crippen LogP contribution is 2.35. The van der Waals surface area contributed by atoms with E-state index in [1.165, 1.54) is 4.31 Å². The molecule has 0 saturated carbocycles. The Morgan fingerprint density at radius 1 is 0.974 bits per heavy atom. The van der Waals surface area contributed by atoms with Gasteiger partial charge >= 0.3 is 0 Å². The Kier molecular flexibility index (Phi) is 9.53. The van der Waals surface area contributed by atoms with Crippen molar-refractivity contribution < 1.29 is 22.7 Å². The maximum atomic E-state index is 13.5. The monoisotopic (exact) mass is 556 g/mol. The van der Waals surface area contributed by atoms with E-state index in [1.54, 1.807) is 38.5 Å². The van der Waals surface area contributed by atoms with Crippen molar-refractivity contribution in [2.24, 2.45) is 0 Å². The van der Waals surface area contributed by atoms with Gasteiger partial charge in [-0.2, -0.15) is 4.31 Å². The minimum atomic E-state index is -3.72. The van der Waals surface area contributed by atoms with Crippen molar-refractivity contribution in [2.75, 3.05) is 47.9 Å². The molecule has 4 rings (SSSR count). The number of aromatic nitrogens is 1. The van der Waals surface area contributed by atoms with E-state index in [-0.39, 0.29) is 23.9 Å². The summed E-state index contributed by atoms with van der Waals surface area (Å²) >= 11 is 0. The Bertz CT molecular complexity index is 1380. The van der Waals surface area contributed by atoms with Gasteiger partial charge in [0.2, 0.25) is 15.9 Å². The summed E-state index contributed by atoms with van der Waals surface area (Å²) in [7, 11) is 3.61. The number of ether oxygens (including phenoxy) is 2. The number of fused-ring (bicyclic) bond motifs is 3. The van der Waals surface area contributed by atoms with Crippen molar-refractivity contribution in [2.45, 2.75) is 50.1 Å². The zero-order valence-corrected chi connectivity index (χ0v) is 24.2. The van der Waals surface area contributed by atoms with Crippen LogP contribution in [0.2, 0.25) is 0 Å². The predicted octanol–water partition coefficient (Wildman–Crippen LogP) is 3.64. The molecular formula is C29H40N4O5S. The van der Waals surface area contributed by atoms with Crippen LogP contribution in [0.15, 0.2) is 47.4 Å². The van der Waals surface area contributed by atoms with Crippen molar-refractivity contribution in [1.82, 2.24) is 19.1 Å². The lowest BCUT2D eigenvalue weighted by atomic mass is 10.0. The van der Waals surface area contributed by atoms with Crippen LogP contribution in [0.4, 0.5) is 0 Å². The lowest BCUT2D eigenvalue weighted by molar-refractivity contribution is -0.121. The zero-order chi connectivity index (χ0) is 28.0. The van der Waals surface area contributed by atoms with Gasteiger partial charge in [0.15, 0.2) is 0 Å². The second-order valence-electron chi connectivity index (χ2n) is 10.2. The smallest absolute Gasteiger partial charge is 0.243 e. The Labute approximate surface area is 231 Å². The van der Waals surface area contributed by atoms with E-state index in [4.69, 9.17) is 9.47 Å². The Morgan fingerprint density at radius 3 is 2.36 bits per heavy atom. The molecule has 0 spiro atoms. The SMILES string of the molecule is COc1ccc(S(=O)(=O)N2CCc3c(n(CC(=O)NCCCCCCN(C)C)c4ccc(OC)cc34)C2)cc1.